The number of aromatic nitrogens is 2. The average Bonchev–Trinajstić information content (AvgIpc) is 2.92. The van der Waals surface area contributed by atoms with Gasteiger partial charge in [-0.15, -0.1) is 0 Å². The minimum absolute atomic E-state index is 0.00129. The second kappa shape index (κ2) is 6.95. The highest BCUT2D eigenvalue weighted by molar-refractivity contribution is 7.98. The number of hydrogen-bond donors (Lipinski definition) is 1. The van der Waals surface area contributed by atoms with Gasteiger partial charge >= 0.3 is 0 Å². The summed E-state index contributed by atoms with van der Waals surface area (Å²) in [5.74, 6) is -2.56. The van der Waals surface area contributed by atoms with Crippen molar-refractivity contribution < 1.29 is 22.8 Å². The van der Waals surface area contributed by atoms with Crippen LogP contribution in [0.2, 0.25) is 0 Å². The van der Waals surface area contributed by atoms with Crippen LogP contribution in [0.1, 0.15) is 12.8 Å². The van der Waals surface area contributed by atoms with Crippen molar-refractivity contribution in [3.05, 3.63) is 35.5 Å². The van der Waals surface area contributed by atoms with Crippen molar-refractivity contribution in [3.63, 3.8) is 0 Å². The zero-order chi connectivity index (χ0) is 15.4. The van der Waals surface area contributed by atoms with E-state index >= 15 is 0 Å². The maximum atomic E-state index is 13.1. The van der Waals surface area contributed by atoms with Gasteiger partial charge in [-0.05, 0) is 23.8 Å². The van der Waals surface area contributed by atoms with Gasteiger partial charge in [0.1, 0.15) is 0 Å². The maximum Gasteiger partial charge on any atom is 0.236 e. The van der Waals surface area contributed by atoms with Crippen molar-refractivity contribution >= 4 is 11.8 Å². The SMILES string of the molecule is C[C@H](CO)CSCc1nc(-c2cc(F)c(F)c(F)c2)no1. The van der Waals surface area contributed by atoms with E-state index < -0.39 is 17.5 Å². The number of aliphatic hydroxyl groups is 1. The third kappa shape index (κ3) is 3.98. The molecular formula is C13H13F3N2O2S. The highest BCUT2D eigenvalue weighted by atomic mass is 32.2. The molecule has 0 amide bonds. The molecule has 114 valence electrons. The van der Waals surface area contributed by atoms with E-state index in [2.05, 4.69) is 10.1 Å². The largest absolute Gasteiger partial charge is 0.396 e. The van der Waals surface area contributed by atoms with Gasteiger partial charge in [0.15, 0.2) is 17.5 Å². The van der Waals surface area contributed by atoms with E-state index in [0.29, 0.717) is 17.4 Å². The van der Waals surface area contributed by atoms with Crippen LogP contribution < -0.4 is 0 Å². The lowest BCUT2D eigenvalue weighted by Crippen LogP contribution is -2.03. The van der Waals surface area contributed by atoms with E-state index in [0.717, 1.165) is 12.1 Å². The van der Waals surface area contributed by atoms with E-state index in [1.165, 1.54) is 11.8 Å². The summed E-state index contributed by atoms with van der Waals surface area (Å²) in [6, 6.07) is 1.63. The van der Waals surface area contributed by atoms with Crippen LogP contribution in [0.3, 0.4) is 0 Å². The van der Waals surface area contributed by atoms with E-state index in [1.807, 2.05) is 6.92 Å². The van der Waals surface area contributed by atoms with Crippen molar-refractivity contribution in [1.29, 1.82) is 0 Å². The molecule has 1 N–H and O–H groups in total. The van der Waals surface area contributed by atoms with Gasteiger partial charge in [0.2, 0.25) is 11.7 Å². The molecule has 1 heterocycles. The van der Waals surface area contributed by atoms with Crippen LogP contribution >= 0.6 is 11.8 Å². The average molecular weight is 318 g/mol. The van der Waals surface area contributed by atoms with Gasteiger partial charge in [-0.2, -0.15) is 16.7 Å². The Kier molecular flexibility index (Phi) is 5.24. The molecule has 0 aliphatic heterocycles. The third-order valence-electron chi connectivity index (χ3n) is 2.65. The van der Waals surface area contributed by atoms with Crippen molar-refractivity contribution in [1.82, 2.24) is 10.1 Å². The van der Waals surface area contributed by atoms with E-state index in [1.54, 1.807) is 0 Å². The Bertz CT molecular complexity index is 598. The first-order valence-corrected chi connectivity index (χ1v) is 7.32. The zero-order valence-electron chi connectivity index (χ0n) is 11.1. The van der Waals surface area contributed by atoms with Gasteiger partial charge in [0, 0.05) is 12.2 Å². The summed E-state index contributed by atoms with van der Waals surface area (Å²) < 4.78 is 44.1. The van der Waals surface area contributed by atoms with E-state index in [-0.39, 0.29) is 23.9 Å². The second-order valence-corrected chi connectivity index (χ2v) is 5.60. The van der Waals surface area contributed by atoms with Crippen LogP contribution in [-0.4, -0.2) is 27.6 Å². The van der Waals surface area contributed by atoms with Gasteiger partial charge in [-0.1, -0.05) is 12.1 Å². The first-order chi connectivity index (χ1) is 10.0. The van der Waals surface area contributed by atoms with Gasteiger partial charge in [-0.25, -0.2) is 13.2 Å². The van der Waals surface area contributed by atoms with Crippen LogP contribution in [0.25, 0.3) is 11.4 Å². The van der Waals surface area contributed by atoms with Crippen LogP contribution in [0, 0.1) is 23.4 Å². The molecule has 0 bridgehead atoms. The highest BCUT2D eigenvalue weighted by Crippen LogP contribution is 2.22. The molecular weight excluding hydrogens is 305 g/mol. The Morgan fingerprint density at radius 1 is 1.29 bits per heavy atom. The fraction of sp³-hybridized carbons (Fsp3) is 0.385. The molecule has 1 aromatic carbocycles. The number of rotatable bonds is 6. The summed E-state index contributed by atoms with van der Waals surface area (Å²) in [6.45, 7) is 1.99. The molecule has 4 nitrogen and oxygen atoms in total. The molecule has 0 fully saturated rings. The van der Waals surface area contributed by atoms with E-state index in [9.17, 15) is 13.2 Å². The molecule has 21 heavy (non-hydrogen) atoms. The second-order valence-electron chi connectivity index (χ2n) is 4.57. The fourth-order valence-corrected chi connectivity index (χ4v) is 2.43. The van der Waals surface area contributed by atoms with Gasteiger partial charge in [0.05, 0.1) is 5.75 Å². The van der Waals surface area contributed by atoms with Gasteiger partial charge in [-0.3, -0.25) is 0 Å². The molecule has 1 aromatic heterocycles. The molecule has 0 aliphatic carbocycles. The number of hydrogen-bond acceptors (Lipinski definition) is 5. The number of benzene rings is 1. The lowest BCUT2D eigenvalue weighted by Gasteiger charge is -2.04. The lowest BCUT2D eigenvalue weighted by atomic mass is 10.2. The standard InChI is InChI=1S/C13H13F3N2O2S/c1-7(4-19)5-21-6-11-17-13(18-20-11)8-2-9(14)12(16)10(15)3-8/h2-3,7,19H,4-6H2,1H3/t7-/m1/s1. The number of thioether (sulfide) groups is 1. The molecule has 0 unspecified atom stereocenters. The Labute approximate surface area is 123 Å². The molecule has 2 rings (SSSR count). The highest BCUT2D eigenvalue weighted by Gasteiger charge is 2.15. The topological polar surface area (TPSA) is 59.2 Å². The van der Waals surface area contributed by atoms with Crippen molar-refractivity contribution in [2.24, 2.45) is 5.92 Å². The Morgan fingerprint density at radius 3 is 2.57 bits per heavy atom. The number of nitrogens with zero attached hydrogens (tertiary/aromatic N) is 2. The smallest absolute Gasteiger partial charge is 0.236 e. The zero-order valence-corrected chi connectivity index (χ0v) is 12.0. The molecule has 0 saturated carbocycles. The van der Waals surface area contributed by atoms with E-state index in [4.69, 9.17) is 9.63 Å². The molecule has 0 saturated heterocycles. The predicted octanol–water partition coefficient (Wildman–Crippen LogP) is 3.02. The first-order valence-electron chi connectivity index (χ1n) is 6.17. The normalized spacial score (nSPS) is 12.6. The minimum atomic E-state index is -1.53. The van der Waals surface area contributed by atoms with Crippen LogP contribution in [-0.2, 0) is 5.75 Å². The Morgan fingerprint density at radius 2 is 1.95 bits per heavy atom. The molecule has 0 radical (unpaired) electrons. The predicted molar refractivity (Wildman–Crippen MR) is 72.0 cm³/mol. The minimum Gasteiger partial charge on any atom is -0.396 e. The first kappa shape index (κ1) is 15.8. The summed E-state index contributed by atoms with van der Waals surface area (Å²) in [5.41, 5.74) is 0.00938. The summed E-state index contributed by atoms with van der Waals surface area (Å²) >= 11 is 1.49. The quantitative estimate of drug-likeness (QED) is 0.830. The van der Waals surface area contributed by atoms with Crippen LogP contribution in [0.5, 0.6) is 0 Å². The monoisotopic (exact) mass is 318 g/mol. The number of aliphatic hydroxyl groups excluding tert-OH is 1. The van der Waals surface area contributed by atoms with Crippen LogP contribution in [0.4, 0.5) is 13.2 Å². The fourth-order valence-electron chi connectivity index (χ4n) is 1.52. The van der Waals surface area contributed by atoms with Crippen LogP contribution in [0.15, 0.2) is 16.7 Å². The molecule has 8 heteroatoms. The summed E-state index contributed by atoms with van der Waals surface area (Å²) in [4.78, 5) is 4.00. The summed E-state index contributed by atoms with van der Waals surface area (Å²) in [5, 5.41) is 12.5. The van der Waals surface area contributed by atoms with Crippen molar-refractivity contribution in [2.45, 2.75) is 12.7 Å². The van der Waals surface area contributed by atoms with Crippen molar-refractivity contribution in [2.75, 3.05) is 12.4 Å². The van der Waals surface area contributed by atoms with Gasteiger partial charge in [0.25, 0.3) is 0 Å². The molecule has 2 aromatic rings. The number of halogens is 3. The summed E-state index contributed by atoms with van der Waals surface area (Å²) in [6.07, 6.45) is 0. The third-order valence-corrected chi connectivity index (χ3v) is 3.91. The maximum absolute atomic E-state index is 13.1. The molecule has 1 atom stereocenters. The Balaban J connectivity index is 2.06. The lowest BCUT2D eigenvalue weighted by molar-refractivity contribution is 0.250. The Hall–Kier alpha value is -1.54. The van der Waals surface area contributed by atoms with Crippen molar-refractivity contribution in [3.8, 4) is 11.4 Å². The van der Waals surface area contributed by atoms with Gasteiger partial charge < -0.3 is 9.63 Å². The molecule has 0 aliphatic rings. The molecule has 0 spiro atoms. The summed E-state index contributed by atoms with van der Waals surface area (Å²) in [7, 11) is 0.